The number of carbonyl (C=O) groups is 1. The van der Waals surface area contributed by atoms with Gasteiger partial charge in [0.1, 0.15) is 5.56 Å². The second kappa shape index (κ2) is 4.77. The van der Waals surface area contributed by atoms with E-state index in [0.717, 1.165) is 25.6 Å². The predicted molar refractivity (Wildman–Crippen MR) is 64.1 cm³/mol. The quantitative estimate of drug-likeness (QED) is 0.741. The summed E-state index contributed by atoms with van der Waals surface area (Å²) in [6.45, 7) is 1.63. The van der Waals surface area contributed by atoms with Crippen LogP contribution in [0, 0.1) is 0 Å². The van der Waals surface area contributed by atoms with Crippen molar-refractivity contribution in [1.29, 1.82) is 0 Å². The molecular formula is C11H15N3O4. The lowest BCUT2D eigenvalue weighted by atomic mass is 10.1. The molecule has 1 atom stereocenters. The minimum Gasteiger partial charge on any atom is -0.477 e. The van der Waals surface area contributed by atoms with Gasteiger partial charge in [0, 0.05) is 12.7 Å². The van der Waals surface area contributed by atoms with Gasteiger partial charge in [-0.3, -0.25) is 14.3 Å². The van der Waals surface area contributed by atoms with Crippen molar-refractivity contribution in [3.63, 3.8) is 0 Å². The van der Waals surface area contributed by atoms with Crippen molar-refractivity contribution in [3.05, 3.63) is 32.6 Å². The highest BCUT2D eigenvalue weighted by molar-refractivity contribution is 5.86. The molecule has 98 valence electrons. The average Bonchev–Trinajstić information content (AvgIpc) is 2.28. The van der Waals surface area contributed by atoms with Crippen LogP contribution in [-0.4, -0.2) is 45.7 Å². The van der Waals surface area contributed by atoms with E-state index in [1.54, 1.807) is 0 Å². The second-order valence-electron chi connectivity index (χ2n) is 4.57. The van der Waals surface area contributed by atoms with E-state index in [1.165, 1.54) is 4.57 Å². The van der Waals surface area contributed by atoms with Gasteiger partial charge in [0.2, 0.25) is 0 Å². The third-order valence-electron chi connectivity index (χ3n) is 3.19. The Hall–Kier alpha value is -1.89. The Morgan fingerprint density at radius 2 is 2.22 bits per heavy atom. The first kappa shape index (κ1) is 12.6. The summed E-state index contributed by atoms with van der Waals surface area (Å²) in [6, 6.07) is -0.0915. The molecule has 1 unspecified atom stereocenters. The Kier molecular flexibility index (Phi) is 3.33. The van der Waals surface area contributed by atoms with Crippen molar-refractivity contribution in [2.45, 2.75) is 18.9 Å². The van der Waals surface area contributed by atoms with Crippen LogP contribution in [-0.2, 0) is 0 Å². The molecule has 0 aromatic carbocycles. The molecule has 0 bridgehead atoms. The van der Waals surface area contributed by atoms with Crippen LogP contribution in [0.3, 0.4) is 0 Å². The van der Waals surface area contributed by atoms with Gasteiger partial charge in [0.25, 0.3) is 5.56 Å². The first-order chi connectivity index (χ1) is 8.49. The van der Waals surface area contributed by atoms with E-state index in [4.69, 9.17) is 5.11 Å². The number of likely N-dealkylation sites (tertiary alicyclic amines) is 1. The molecule has 7 nitrogen and oxygen atoms in total. The number of aromatic carboxylic acids is 1. The van der Waals surface area contributed by atoms with Gasteiger partial charge >= 0.3 is 11.7 Å². The standard InChI is InChI=1S/C11H15N3O4/c1-13-4-2-3-7(5-13)14-6-8(10(16)17)9(15)12-11(14)18/h6-7H,2-5H2,1H3,(H,16,17)(H,12,15,18). The molecule has 0 amide bonds. The lowest BCUT2D eigenvalue weighted by Gasteiger charge is -2.30. The van der Waals surface area contributed by atoms with Gasteiger partial charge in [-0.15, -0.1) is 0 Å². The van der Waals surface area contributed by atoms with Gasteiger partial charge in [-0.1, -0.05) is 0 Å². The van der Waals surface area contributed by atoms with E-state index >= 15 is 0 Å². The lowest BCUT2D eigenvalue weighted by Crippen LogP contribution is -2.41. The maximum Gasteiger partial charge on any atom is 0.342 e. The monoisotopic (exact) mass is 253 g/mol. The van der Waals surface area contributed by atoms with Crippen LogP contribution in [0.15, 0.2) is 15.8 Å². The molecule has 2 heterocycles. The number of likely N-dealkylation sites (N-methyl/N-ethyl adjacent to an activating group) is 1. The average molecular weight is 253 g/mol. The summed E-state index contributed by atoms with van der Waals surface area (Å²) in [6.07, 6.45) is 2.89. The number of carboxylic acids is 1. The second-order valence-corrected chi connectivity index (χ2v) is 4.57. The van der Waals surface area contributed by atoms with E-state index in [9.17, 15) is 14.4 Å². The molecule has 0 radical (unpaired) electrons. The fourth-order valence-corrected chi connectivity index (χ4v) is 2.28. The summed E-state index contributed by atoms with van der Waals surface area (Å²) in [5.74, 6) is -1.32. The summed E-state index contributed by atoms with van der Waals surface area (Å²) in [5, 5.41) is 8.89. The third-order valence-corrected chi connectivity index (χ3v) is 3.19. The number of hydrogen-bond acceptors (Lipinski definition) is 4. The maximum absolute atomic E-state index is 11.7. The van der Waals surface area contributed by atoms with Gasteiger partial charge in [0.15, 0.2) is 0 Å². The van der Waals surface area contributed by atoms with E-state index < -0.39 is 22.8 Å². The molecule has 2 N–H and O–H groups in total. The Labute approximate surface area is 103 Å². The van der Waals surface area contributed by atoms with Crippen molar-refractivity contribution in [2.75, 3.05) is 20.1 Å². The predicted octanol–water partition coefficient (Wildman–Crippen LogP) is -0.498. The first-order valence-electron chi connectivity index (χ1n) is 5.76. The zero-order chi connectivity index (χ0) is 13.3. The molecule has 0 saturated carbocycles. The topological polar surface area (TPSA) is 95.4 Å². The minimum atomic E-state index is -1.32. The molecule has 0 spiro atoms. The minimum absolute atomic E-state index is 0.0915. The van der Waals surface area contributed by atoms with Crippen molar-refractivity contribution < 1.29 is 9.90 Å². The van der Waals surface area contributed by atoms with Gasteiger partial charge < -0.3 is 10.0 Å². The Balaban J connectivity index is 2.44. The lowest BCUT2D eigenvalue weighted by molar-refractivity contribution is 0.0693. The van der Waals surface area contributed by atoms with Crippen molar-refractivity contribution in [2.24, 2.45) is 0 Å². The maximum atomic E-state index is 11.7. The summed E-state index contributed by atoms with van der Waals surface area (Å²) >= 11 is 0. The molecule has 0 aliphatic carbocycles. The molecule has 1 aliphatic heterocycles. The Bertz CT molecular complexity index is 574. The van der Waals surface area contributed by atoms with Gasteiger partial charge in [-0.2, -0.15) is 0 Å². The molecule has 1 saturated heterocycles. The number of carboxylic acid groups (broad SMARTS) is 1. The van der Waals surface area contributed by atoms with E-state index in [0.29, 0.717) is 6.54 Å². The van der Waals surface area contributed by atoms with E-state index in [-0.39, 0.29) is 6.04 Å². The Morgan fingerprint density at radius 1 is 1.50 bits per heavy atom. The normalized spacial score (nSPS) is 20.8. The number of piperidine rings is 1. The molecule has 2 rings (SSSR count). The van der Waals surface area contributed by atoms with Crippen LogP contribution in [0.4, 0.5) is 0 Å². The number of H-pyrrole nitrogens is 1. The zero-order valence-electron chi connectivity index (χ0n) is 10.0. The molecular weight excluding hydrogens is 238 g/mol. The molecule has 1 aromatic rings. The Morgan fingerprint density at radius 3 is 2.83 bits per heavy atom. The number of nitrogens with zero attached hydrogens (tertiary/aromatic N) is 2. The van der Waals surface area contributed by atoms with Gasteiger partial charge in [0.05, 0.1) is 6.04 Å². The largest absolute Gasteiger partial charge is 0.477 e. The van der Waals surface area contributed by atoms with Crippen molar-refractivity contribution in [1.82, 2.24) is 14.5 Å². The van der Waals surface area contributed by atoms with Crippen LogP contribution in [0.1, 0.15) is 29.2 Å². The van der Waals surface area contributed by atoms with Crippen LogP contribution >= 0.6 is 0 Å². The molecule has 18 heavy (non-hydrogen) atoms. The molecule has 1 fully saturated rings. The van der Waals surface area contributed by atoms with Crippen molar-refractivity contribution >= 4 is 5.97 Å². The fourth-order valence-electron chi connectivity index (χ4n) is 2.28. The van der Waals surface area contributed by atoms with E-state index in [2.05, 4.69) is 9.88 Å². The highest BCUT2D eigenvalue weighted by atomic mass is 16.4. The summed E-state index contributed by atoms with van der Waals surface area (Å²) in [7, 11) is 1.95. The number of aromatic nitrogens is 2. The highest BCUT2D eigenvalue weighted by Gasteiger charge is 2.21. The number of rotatable bonds is 2. The molecule has 7 heteroatoms. The summed E-state index contributed by atoms with van der Waals surface area (Å²) < 4.78 is 1.32. The fraction of sp³-hybridized carbons (Fsp3) is 0.545. The van der Waals surface area contributed by atoms with Gasteiger partial charge in [-0.05, 0) is 26.4 Å². The molecule has 1 aliphatic rings. The summed E-state index contributed by atoms with van der Waals surface area (Å²) in [4.78, 5) is 38.1. The zero-order valence-corrected chi connectivity index (χ0v) is 10.0. The first-order valence-corrected chi connectivity index (χ1v) is 5.76. The molecule has 1 aromatic heterocycles. The van der Waals surface area contributed by atoms with Crippen LogP contribution in [0.5, 0.6) is 0 Å². The summed E-state index contributed by atoms with van der Waals surface area (Å²) in [5.41, 5.74) is -1.80. The van der Waals surface area contributed by atoms with Crippen LogP contribution in [0.2, 0.25) is 0 Å². The number of aromatic amines is 1. The highest BCUT2D eigenvalue weighted by Crippen LogP contribution is 2.18. The number of hydrogen-bond donors (Lipinski definition) is 2. The third kappa shape index (κ3) is 2.35. The SMILES string of the molecule is CN1CCCC(n2cc(C(=O)O)c(=O)[nH]c2=O)C1. The van der Waals surface area contributed by atoms with Crippen LogP contribution < -0.4 is 11.2 Å². The van der Waals surface area contributed by atoms with E-state index in [1.807, 2.05) is 7.05 Å². The van der Waals surface area contributed by atoms with Gasteiger partial charge in [-0.25, -0.2) is 9.59 Å². The smallest absolute Gasteiger partial charge is 0.342 e. The number of nitrogens with one attached hydrogen (secondary N) is 1. The van der Waals surface area contributed by atoms with Crippen LogP contribution in [0.25, 0.3) is 0 Å². The van der Waals surface area contributed by atoms with Crippen molar-refractivity contribution in [3.8, 4) is 0 Å².